The maximum absolute atomic E-state index is 11.9. The Morgan fingerprint density at radius 3 is 2.83 bits per heavy atom. The van der Waals surface area contributed by atoms with E-state index < -0.39 is 0 Å². The number of amides is 1. The Bertz CT molecular complexity index is 384. The molecule has 5 heteroatoms. The molecule has 18 heavy (non-hydrogen) atoms. The Labute approximate surface area is 112 Å². The molecule has 0 spiro atoms. The SMILES string of the molecule is CC(C)(CNC(=O)c1ccsc1)N1CCOCC1. The van der Waals surface area contributed by atoms with Crippen LogP contribution < -0.4 is 5.32 Å². The van der Waals surface area contributed by atoms with E-state index in [1.807, 2.05) is 16.8 Å². The third kappa shape index (κ3) is 3.31. The molecule has 1 saturated heterocycles. The molecule has 0 saturated carbocycles. The summed E-state index contributed by atoms with van der Waals surface area (Å²) in [7, 11) is 0. The highest BCUT2D eigenvalue weighted by atomic mass is 32.1. The number of ether oxygens (including phenoxy) is 1. The van der Waals surface area contributed by atoms with E-state index in [4.69, 9.17) is 4.74 Å². The number of hydrogen-bond donors (Lipinski definition) is 1. The third-order valence-corrected chi connectivity index (χ3v) is 4.02. The molecule has 0 unspecified atom stereocenters. The summed E-state index contributed by atoms with van der Waals surface area (Å²) in [4.78, 5) is 14.3. The van der Waals surface area contributed by atoms with Gasteiger partial charge in [0, 0.05) is 36.1 Å². The lowest BCUT2D eigenvalue weighted by Gasteiger charge is -2.40. The predicted octanol–water partition coefficient (Wildman–Crippen LogP) is 1.59. The van der Waals surface area contributed by atoms with Gasteiger partial charge in [0.15, 0.2) is 0 Å². The predicted molar refractivity (Wildman–Crippen MR) is 73.1 cm³/mol. The van der Waals surface area contributed by atoms with Gasteiger partial charge in [-0.15, -0.1) is 0 Å². The standard InChI is InChI=1S/C13H20N2O2S/c1-13(2,15-4-6-17-7-5-15)10-14-12(16)11-3-8-18-9-11/h3,8-9H,4-7,10H2,1-2H3,(H,14,16). The minimum absolute atomic E-state index is 0.0117. The lowest BCUT2D eigenvalue weighted by Crippen LogP contribution is -2.55. The highest BCUT2D eigenvalue weighted by Crippen LogP contribution is 2.15. The van der Waals surface area contributed by atoms with Gasteiger partial charge in [-0.2, -0.15) is 11.3 Å². The smallest absolute Gasteiger partial charge is 0.252 e. The number of rotatable bonds is 4. The van der Waals surface area contributed by atoms with E-state index in [0.717, 1.165) is 31.9 Å². The van der Waals surface area contributed by atoms with Crippen molar-refractivity contribution in [2.24, 2.45) is 0 Å². The van der Waals surface area contributed by atoms with Crippen molar-refractivity contribution in [3.05, 3.63) is 22.4 Å². The van der Waals surface area contributed by atoms with E-state index in [1.165, 1.54) is 0 Å². The molecule has 100 valence electrons. The monoisotopic (exact) mass is 268 g/mol. The van der Waals surface area contributed by atoms with Crippen LogP contribution in [0.3, 0.4) is 0 Å². The summed E-state index contributed by atoms with van der Waals surface area (Å²) in [6.45, 7) is 8.40. The van der Waals surface area contributed by atoms with Gasteiger partial charge in [0.25, 0.3) is 5.91 Å². The number of nitrogens with one attached hydrogen (secondary N) is 1. The van der Waals surface area contributed by atoms with E-state index in [2.05, 4.69) is 24.1 Å². The zero-order valence-corrected chi connectivity index (χ0v) is 11.8. The number of morpholine rings is 1. The lowest BCUT2D eigenvalue weighted by atomic mass is 10.0. The third-order valence-electron chi connectivity index (χ3n) is 3.33. The average molecular weight is 268 g/mol. The van der Waals surface area contributed by atoms with E-state index in [1.54, 1.807) is 11.3 Å². The summed E-state index contributed by atoms with van der Waals surface area (Å²) in [6, 6.07) is 1.85. The van der Waals surface area contributed by atoms with Crippen molar-refractivity contribution < 1.29 is 9.53 Å². The van der Waals surface area contributed by atoms with E-state index >= 15 is 0 Å². The molecule has 0 bridgehead atoms. The highest BCUT2D eigenvalue weighted by Gasteiger charge is 2.28. The zero-order valence-electron chi connectivity index (χ0n) is 10.9. The fraction of sp³-hybridized carbons (Fsp3) is 0.615. The van der Waals surface area contributed by atoms with Crippen molar-refractivity contribution in [3.8, 4) is 0 Å². The van der Waals surface area contributed by atoms with Gasteiger partial charge in [0.05, 0.1) is 13.2 Å². The summed E-state index contributed by atoms with van der Waals surface area (Å²) < 4.78 is 5.35. The minimum atomic E-state index is -0.0323. The van der Waals surface area contributed by atoms with Crippen LogP contribution in [0.4, 0.5) is 0 Å². The lowest BCUT2D eigenvalue weighted by molar-refractivity contribution is -0.00923. The molecule has 1 aliphatic heterocycles. The highest BCUT2D eigenvalue weighted by molar-refractivity contribution is 7.08. The van der Waals surface area contributed by atoms with Crippen LogP contribution in [0.1, 0.15) is 24.2 Å². The van der Waals surface area contributed by atoms with Gasteiger partial charge in [0.2, 0.25) is 0 Å². The molecule has 2 heterocycles. The first kappa shape index (κ1) is 13.5. The zero-order chi connectivity index (χ0) is 13.0. The molecule has 1 aliphatic rings. The molecule has 1 fully saturated rings. The summed E-state index contributed by atoms with van der Waals surface area (Å²) in [5.41, 5.74) is 0.716. The molecule has 1 N–H and O–H groups in total. The Kier molecular flexibility index (Phi) is 4.37. The van der Waals surface area contributed by atoms with Crippen LogP contribution >= 0.6 is 11.3 Å². The molecule has 0 aromatic carbocycles. The second kappa shape index (κ2) is 5.82. The second-order valence-electron chi connectivity index (χ2n) is 5.11. The first-order valence-electron chi connectivity index (χ1n) is 6.23. The molecule has 1 amide bonds. The van der Waals surface area contributed by atoms with Gasteiger partial charge in [-0.3, -0.25) is 9.69 Å². The average Bonchev–Trinajstić information content (AvgIpc) is 2.91. The van der Waals surface area contributed by atoms with Gasteiger partial charge in [0.1, 0.15) is 0 Å². The molecule has 1 aromatic rings. The van der Waals surface area contributed by atoms with Gasteiger partial charge < -0.3 is 10.1 Å². The Morgan fingerprint density at radius 2 is 2.22 bits per heavy atom. The number of nitrogens with zero attached hydrogens (tertiary/aromatic N) is 1. The van der Waals surface area contributed by atoms with Crippen LogP contribution in [-0.2, 0) is 4.74 Å². The second-order valence-corrected chi connectivity index (χ2v) is 5.89. The molecule has 4 nitrogen and oxygen atoms in total. The normalized spacial score (nSPS) is 17.7. The number of carbonyl (C=O) groups is 1. The minimum Gasteiger partial charge on any atom is -0.379 e. The summed E-state index contributed by atoms with van der Waals surface area (Å²) >= 11 is 1.54. The van der Waals surface area contributed by atoms with Crippen LogP contribution in [0, 0.1) is 0 Å². The molecule has 1 aromatic heterocycles. The maximum atomic E-state index is 11.9. The Hall–Kier alpha value is -0.910. The number of hydrogen-bond acceptors (Lipinski definition) is 4. The quantitative estimate of drug-likeness (QED) is 0.901. The molecule has 0 radical (unpaired) electrons. The Morgan fingerprint density at radius 1 is 1.50 bits per heavy atom. The van der Waals surface area contributed by atoms with Crippen LogP contribution in [-0.4, -0.2) is 49.2 Å². The van der Waals surface area contributed by atoms with Crippen molar-refractivity contribution in [2.45, 2.75) is 19.4 Å². The topological polar surface area (TPSA) is 41.6 Å². The first-order valence-corrected chi connectivity index (χ1v) is 7.17. The van der Waals surface area contributed by atoms with E-state index in [-0.39, 0.29) is 11.4 Å². The van der Waals surface area contributed by atoms with Crippen LogP contribution in [0.2, 0.25) is 0 Å². The summed E-state index contributed by atoms with van der Waals surface area (Å²) in [5, 5.41) is 6.80. The van der Waals surface area contributed by atoms with Gasteiger partial charge in [-0.25, -0.2) is 0 Å². The van der Waals surface area contributed by atoms with E-state index in [9.17, 15) is 4.79 Å². The maximum Gasteiger partial charge on any atom is 0.252 e. The molecule has 0 atom stereocenters. The Balaban J connectivity index is 1.86. The van der Waals surface area contributed by atoms with Gasteiger partial charge in [-0.05, 0) is 25.3 Å². The summed E-state index contributed by atoms with van der Waals surface area (Å²) in [5.74, 6) is 0.0117. The largest absolute Gasteiger partial charge is 0.379 e. The van der Waals surface area contributed by atoms with E-state index in [0.29, 0.717) is 6.54 Å². The fourth-order valence-electron chi connectivity index (χ4n) is 2.07. The number of carbonyl (C=O) groups excluding carboxylic acids is 1. The van der Waals surface area contributed by atoms with Crippen molar-refractivity contribution in [1.82, 2.24) is 10.2 Å². The first-order chi connectivity index (χ1) is 8.59. The molecule has 2 rings (SSSR count). The van der Waals surface area contributed by atoms with Crippen molar-refractivity contribution in [1.29, 1.82) is 0 Å². The van der Waals surface area contributed by atoms with Crippen LogP contribution in [0.25, 0.3) is 0 Å². The van der Waals surface area contributed by atoms with Crippen LogP contribution in [0.15, 0.2) is 16.8 Å². The molecular formula is C13H20N2O2S. The fourth-order valence-corrected chi connectivity index (χ4v) is 2.71. The van der Waals surface area contributed by atoms with Crippen LogP contribution in [0.5, 0.6) is 0 Å². The van der Waals surface area contributed by atoms with Crippen molar-refractivity contribution >= 4 is 17.2 Å². The van der Waals surface area contributed by atoms with Gasteiger partial charge in [-0.1, -0.05) is 0 Å². The molecular weight excluding hydrogens is 248 g/mol. The number of thiophene rings is 1. The summed E-state index contributed by atoms with van der Waals surface area (Å²) in [6.07, 6.45) is 0. The van der Waals surface area contributed by atoms with Gasteiger partial charge >= 0.3 is 0 Å². The molecule has 0 aliphatic carbocycles. The van der Waals surface area contributed by atoms with Crippen molar-refractivity contribution in [3.63, 3.8) is 0 Å². The van der Waals surface area contributed by atoms with Crippen molar-refractivity contribution in [2.75, 3.05) is 32.8 Å².